The van der Waals surface area contributed by atoms with Crippen LogP contribution in [0.25, 0.3) is 5.69 Å². The van der Waals surface area contributed by atoms with Crippen molar-refractivity contribution in [3.63, 3.8) is 0 Å². The van der Waals surface area contributed by atoms with Gasteiger partial charge in [-0.2, -0.15) is 0 Å². The van der Waals surface area contributed by atoms with Crippen LogP contribution in [0.3, 0.4) is 0 Å². The fourth-order valence-corrected chi connectivity index (χ4v) is 4.96. The van der Waals surface area contributed by atoms with Gasteiger partial charge in [-0.3, -0.25) is 4.98 Å². The van der Waals surface area contributed by atoms with Gasteiger partial charge in [-0.05, 0) is 101 Å². The van der Waals surface area contributed by atoms with Crippen molar-refractivity contribution in [1.82, 2.24) is 24.7 Å². The van der Waals surface area contributed by atoms with Gasteiger partial charge < -0.3 is 24.8 Å². The second kappa shape index (κ2) is 9.30. The molecule has 1 aliphatic heterocycles. The number of phenolic OH excluding ortho intramolecular Hbond substituents is 1. The third-order valence-electron chi connectivity index (χ3n) is 6.10. The lowest BCUT2D eigenvalue weighted by molar-refractivity contribution is 0.292. The van der Waals surface area contributed by atoms with E-state index in [1.165, 1.54) is 11.3 Å². The van der Waals surface area contributed by atoms with E-state index < -0.39 is 0 Å². The Morgan fingerprint density at radius 1 is 1.12 bits per heavy atom. The van der Waals surface area contributed by atoms with Crippen molar-refractivity contribution < 1.29 is 5.11 Å². The first-order chi connectivity index (χ1) is 15.4. The molecule has 2 aromatic heterocycles. The van der Waals surface area contributed by atoms with Crippen molar-refractivity contribution in [1.29, 1.82) is 0 Å². The van der Waals surface area contributed by atoms with Crippen LogP contribution < -0.4 is 5.32 Å². The Morgan fingerprint density at radius 3 is 2.53 bits per heavy atom. The molecule has 0 bridgehead atoms. The van der Waals surface area contributed by atoms with E-state index >= 15 is 0 Å². The number of nitrogens with zero attached hydrogens (tertiary/aromatic N) is 4. The summed E-state index contributed by atoms with van der Waals surface area (Å²) in [6.07, 6.45) is 2.86. The molecule has 0 unspecified atom stereocenters. The molecular weight excluding hydrogens is 418 g/mol. The van der Waals surface area contributed by atoms with Crippen LogP contribution in [0.5, 0.6) is 5.75 Å². The van der Waals surface area contributed by atoms with Crippen LogP contribution in [-0.2, 0) is 0 Å². The lowest BCUT2D eigenvalue weighted by Gasteiger charge is -2.28. The minimum absolute atomic E-state index is 0.0168. The highest BCUT2D eigenvalue weighted by atomic mass is 32.1. The molecule has 1 fully saturated rings. The van der Waals surface area contributed by atoms with Crippen LogP contribution in [0.4, 0.5) is 0 Å². The molecule has 0 saturated carbocycles. The van der Waals surface area contributed by atoms with Gasteiger partial charge in [0.25, 0.3) is 0 Å². The maximum absolute atomic E-state index is 9.72. The molecule has 32 heavy (non-hydrogen) atoms. The van der Waals surface area contributed by atoms with Crippen molar-refractivity contribution >= 4 is 17.3 Å². The van der Waals surface area contributed by atoms with E-state index in [4.69, 9.17) is 12.2 Å². The lowest BCUT2D eigenvalue weighted by atomic mass is 9.96. The van der Waals surface area contributed by atoms with Crippen LogP contribution in [0.2, 0.25) is 0 Å². The second-order valence-electron chi connectivity index (χ2n) is 8.66. The number of aryl methyl sites for hydroxylation is 1. The van der Waals surface area contributed by atoms with Crippen molar-refractivity contribution in [3.05, 3.63) is 77.4 Å². The highest BCUT2D eigenvalue weighted by Gasteiger charge is 2.41. The van der Waals surface area contributed by atoms with Crippen LogP contribution in [0.15, 0.2) is 54.7 Å². The number of nitrogens with one attached hydrogen (secondary N) is 1. The number of hydrogen-bond donors (Lipinski definition) is 2. The Morgan fingerprint density at radius 2 is 1.88 bits per heavy atom. The van der Waals surface area contributed by atoms with Gasteiger partial charge in [0.05, 0.1) is 17.8 Å². The summed E-state index contributed by atoms with van der Waals surface area (Å²) in [7, 11) is 4.19. The van der Waals surface area contributed by atoms with E-state index in [1.807, 2.05) is 30.5 Å². The fourth-order valence-electron chi connectivity index (χ4n) is 4.63. The van der Waals surface area contributed by atoms with Gasteiger partial charge in [0.15, 0.2) is 5.11 Å². The summed E-state index contributed by atoms with van der Waals surface area (Å²) in [5.74, 6) is 0.268. The van der Waals surface area contributed by atoms with Gasteiger partial charge in [-0.25, -0.2) is 0 Å². The second-order valence-corrected chi connectivity index (χ2v) is 9.04. The average Bonchev–Trinajstić information content (AvgIpc) is 3.25. The van der Waals surface area contributed by atoms with Crippen LogP contribution in [0, 0.1) is 13.8 Å². The van der Waals surface area contributed by atoms with Crippen molar-refractivity contribution in [2.75, 3.05) is 27.2 Å². The number of hydrogen-bond acceptors (Lipinski definition) is 4. The van der Waals surface area contributed by atoms with Crippen LogP contribution in [-0.4, -0.2) is 56.8 Å². The number of aromatic nitrogens is 2. The number of thiocarbonyl (C=S) groups is 1. The Bertz CT molecular complexity index is 1080. The largest absolute Gasteiger partial charge is 0.508 e. The number of pyridine rings is 1. The first-order valence-corrected chi connectivity index (χ1v) is 11.4. The van der Waals surface area contributed by atoms with E-state index in [0.29, 0.717) is 0 Å². The molecular formula is C25H31N5OS. The quantitative estimate of drug-likeness (QED) is 0.529. The zero-order valence-corrected chi connectivity index (χ0v) is 19.9. The predicted octanol–water partition coefficient (Wildman–Crippen LogP) is 4.12. The summed E-state index contributed by atoms with van der Waals surface area (Å²) in [4.78, 5) is 9.17. The molecule has 2 N–H and O–H groups in total. The van der Waals surface area contributed by atoms with Gasteiger partial charge in [0.1, 0.15) is 5.75 Å². The Hall–Kier alpha value is -2.90. The smallest absolute Gasteiger partial charge is 0.170 e. The molecule has 3 heterocycles. The summed E-state index contributed by atoms with van der Waals surface area (Å²) in [5.41, 5.74) is 5.58. The molecule has 1 aromatic carbocycles. The number of phenols is 1. The first-order valence-electron chi connectivity index (χ1n) is 11.0. The molecule has 3 aromatic rings. The molecule has 1 saturated heterocycles. The zero-order valence-electron chi connectivity index (χ0n) is 19.1. The molecule has 0 radical (unpaired) electrons. The van der Waals surface area contributed by atoms with E-state index in [-0.39, 0.29) is 17.8 Å². The molecule has 0 amide bonds. The average molecular weight is 450 g/mol. The molecule has 7 heteroatoms. The molecule has 0 aliphatic carbocycles. The molecule has 4 rings (SSSR count). The van der Waals surface area contributed by atoms with Gasteiger partial charge in [-0.15, -0.1) is 0 Å². The highest BCUT2D eigenvalue weighted by Crippen LogP contribution is 2.41. The fraction of sp³-hybridized carbons (Fsp3) is 0.360. The van der Waals surface area contributed by atoms with Gasteiger partial charge in [0.2, 0.25) is 0 Å². The summed E-state index contributed by atoms with van der Waals surface area (Å²) < 4.78 is 2.24. The monoisotopic (exact) mass is 449 g/mol. The van der Waals surface area contributed by atoms with Crippen molar-refractivity contribution in [3.8, 4) is 11.4 Å². The van der Waals surface area contributed by atoms with E-state index in [0.717, 1.165) is 41.7 Å². The minimum Gasteiger partial charge on any atom is -0.508 e. The molecule has 168 valence electrons. The van der Waals surface area contributed by atoms with Crippen LogP contribution >= 0.6 is 12.2 Å². The van der Waals surface area contributed by atoms with Gasteiger partial charge in [-0.1, -0.05) is 6.07 Å². The first kappa shape index (κ1) is 22.3. The van der Waals surface area contributed by atoms with Gasteiger partial charge in [0, 0.05) is 29.8 Å². The standard InChI is InChI=1S/C25H31N5OS/c1-17-16-21(18(2)30(17)19-9-11-20(31)12-10-19)24-23(22-8-5-6-13-26-22)27-25(32)29(24)15-7-14-28(3)4/h5-6,8-13,16,23-24,31H,7,14-15H2,1-4H3,(H,27,32)/t23-,24-/m1/s1. The third-order valence-corrected chi connectivity index (χ3v) is 6.45. The topological polar surface area (TPSA) is 56.6 Å². The zero-order chi connectivity index (χ0) is 22.8. The van der Waals surface area contributed by atoms with Crippen molar-refractivity contribution in [2.45, 2.75) is 32.4 Å². The Labute approximate surface area is 195 Å². The Balaban J connectivity index is 1.76. The predicted molar refractivity (Wildman–Crippen MR) is 132 cm³/mol. The maximum atomic E-state index is 9.72. The van der Waals surface area contributed by atoms with E-state index in [1.54, 1.807) is 12.1 Å². The summed E-state index contributed by atoms with van der Waals surface area (Å²) in [5, 5.41) is 14.0. The normalized spacial score (nSPS) is 18.4. The number of rotatable bonds is 7. The van der Waals surface area contributed by atoms with E-state index in [9.17, 15) is 5.11 Å². The van der Waals surface area contributed by atoms with Crippen molar-refractivity contribution in [2.24, 2.45) is 0 Å². The molecule has 2 atom stereocenters. The minimum atomic E-state index is -0.0168. The third kappa shape index (κ3) is 4.36. The SMILES string of the molecule is Cc1cc([C@@H]2[C@@H](c3ccccn3)NC(=S)N2CCCN(C)C)c(C)n1-c1ccc(O)cc1. The summed E-state index contributed by atoms with van der Waals surface area (Å²) in [6.45, 7) is 6.16. The highest BCUT2D eigenvalue weighted by molar-refractivity contribution is 7.80. The summed E-state index contributed by atoms with van der Waals surface area (Å²) >= 11 is 5.80. The lowest BCUT2D eigenvalue weighted by Crippen LogP contribution is -2.32. The number of aromatic hydroxyl groups is 1. The molecule has 0 spiro atoms. The summed E-state index contributed by atoms with van der Waals surface area (Å²) in [6, 6.07) is 15.7. The Kier molecular flexibility index (Phi) is 6.48. The van der Waals surface area contributed by atoms with Crippen LogP contribution in [0.1, 0.15) is 41.1 Å². The molecule has 6 nitrogen and oxygen atoms in total. The number of benzene rings is 1. The van der Waals surface area contributed by atoms with Gasteiger partial charge >= 0.3 is 0 Å². The van der Waals surface area contributed by atoms with E-state index in [2.05, 4.69) is 64.7 Å². The maximum Gasteiger partial charge on any atom is 0.170 e. The molecule has 1 aliphatic rings.